The molecule has 2 heteroatoms. The van der Waals surface area contributed by atoms with E-state index in [0.717, 1.165) is 42.4 Å². The van der Waals surface area contributed by atoms with Gasteiger partial charge in [0.05, 0.1) is 6.10 Å². The van der Waals surface area contributed by atoms with E-state index in [1.54, 1.807) is 5.57 Å². The Hall–Kier alpha value is -0.340. The fraction of sp³-hybridized carbons (Fsp3) is 0.920. The second-order valence-electron chi connectivity index (χ2n) is 11.5. The second-order valence-corrected chi connectivity index (χ2v) is 11.5. The Bertz CT molecular complexity index is 607. The lowest BCUT2D eigenvalue weighted by molar-refractivity contribution is -0.140. The third-order valence-electron chi connectivity index (χ3n) is 10.3. The quantitative estimate of drug-likeness (QED) is 0.612. The molecule has 1 aliphatic heterocycles. The highest BCUT2D eigenvalue weighted by atomic mass is 16.3. The molecule has 0 bridgehead atoms. The van der Waals surface area contributed by atoms with Crippen LogP contribution >= 0.6 is 0 Å². The van der Waals surface area contributed by atoms with Gasteiger partial charge in [-0.1, -0.05) is 38.8 Å². The predicted octanol–water partition coefficient (Wildman–Crippen LogP) is 5.31. The zero-order chi connectivity index (χ0) is 18.8. The van der Waals surface area contributed by atoms with Gasteiger partial charge in [0.1, 0.15) is 0 Å². The average molecular weight is 372 g/mol. The second kappa shape index (κ2) is 6.59. The van der Waals surface area contributed by atoms with Crippen molar-refractivity contribution >= 4 is 0 Å². The summed E-state index contributed by atoms with van der Waals surface area (Å²) in [6, 6.07) is 0.664. The summed E-state index contributed by atoms with van der Waals surface area (Å²) >= 11 is 0. The molecule has 2 N–H and O–H groups in total. The summed E-state index contributed by atoms with van der Waals surface area (Å²) in [7, 11) is 0. The summed E-state index contributed by atoms with van der Waals surface area (Å²) in [5, 5.41) is 14.2. The Morgan fingerprint density at radius 1 is 1.04 bits per heavy atom. The molecule has 1 heterocycles. The van der Waals surface area contributed by atoms with Crippen molar-refractivity contribution in [3.8, 4) is 0 Å². The van der Waals surface area contributed by atoms with Crippen LogP contribution in [0, 0.1) is 40.4 Å². The topological polar surface area (TPSA) is 32.3 Å². The number of hydrogen-bond donors (Lipinski definition) is 2. The zero-order valence-corrected chi connectivity index (χ0v) is 17.8. The number of aliphatic hydroxyl groups excluding tert-OH is 1. The zero-order valence-electron chi connectivity index (χ0n) is 17.8. The van der Waals surface area contributed by atoms with Crippen molar-refractivity contribution in [1.82, 2.24) is 5.32 Å². The van der Waals surface area contributed by atoms with Gasteiger partial charge in [-0.3, -0.25) is 0 Å². The molecule has 0 amide bonds. The van der Waals surface area contributed by atoms with E-state index in [2.05, 4.69) is 32.2 Å². The molecule has 2 nitrogen and oxygen atoms in total. The molecule has 0 radical (unpaired) electrons. The van der Waals surface area contributed by atoms with Crippen LogP contribution in [-0.4, -0.2) is 23.8 Å². The van der Waals surface area contributed by atoms with Gasteiger partial charge < -0.3 is 10.4 Å². The average Bonchev–Trinajstić information content (AvgIpc) is 3.01. The molecular formula is C25H41NO. The highest BCUT2D eigenvalue weighted by Crippen LogP contribution is 2.67. The first-order chi connectivity index (χ1) is 12.9. The third-order valence-corrected chi connectivity index (χ3v) is 10.3. The van der Waals surface area contributed by atoms with E-state index in [1.165, 1.54) is 57.9 Å². The summed E-state index contributed by atoms with van der Waals surface area (Å²) in [6.07, 6.45) is 15.7. The van der Waals surface area contributed by atoms with Crippen molar-refractivity contribution in [1.29, 1.82) is 0 Å². The SMILES string of the molecule is CC1CC2CC(O)CC[C@]2(C)[C@@H]2CC[C@]3(C)C(C4CCCCN4)=CC[C@H]3[C@H]12. The van der Waals surface area contributed by atoms with E-state index >= 15 is 0 Å². The highest BCUT2D eigenvalue weighted by Gasteiger charge is 2.60. The molecule has 0 aromatic carbocycles. The molecule has 1 saturated heterocycles. The molecule has 27 heavy (non-hydrogen) atoms. The molecule has 0 spiro atoms. The molecule has 5 aliphatic rings. The molecule has 4 unspecified atom stereocenters. The number of rotatable bonds is 1. The van der Waals surface area contributed by atoms with Gasteiger partial charge in [0, 0.05) is 6.04 Å². The van der Waals surface area contributed by atoms with E-state index in [1.807, 2.05) is 0 Å². The van der Waals surface area contributed by atoms with Gasteiger partial charge in [0.2, 0.25) is 0 Å². The maximum atomic E-state index is 10.3. The van der Waals surface area contributed by atoms with Crippen LogP contribution in [-0.2, 0) is 0 Å². The van der Waals surface area contributed by atoms with Crippen molar-refractivity contribution in [2.24, 2.45) is 40.4 Å². The molecule has 0 aromatic heterocycles. The van der Waals surface area contributed by atoms with Crippen LogP contribution in [0.1, 0.15) is 85.0 Å². The van der Waals surface area contributed by atoms with Crippen molar-refractivity contribution in [3.63, 3.8) is 0 Å². The van der Waals surface area contributed by atoms with Crippen LogP contribution in [0.15, 0.2) is 11.6 Å². The van der Waals surface area contributed by atoms with Crippen LogP contribution in [0.5, 0.6) is 0 Å². The Labute approximate surface area is 166 Å². The number of fused-ring (bicyclic) bond motifs is 5. The summed E-state index contributed by atoms with van der Waals surface area (Å²) in [4.78, 5) is 0. The van der Waals surface area contributed by atoms with Crippen LogP contribution in [0.25, 0.3) is 0 Å². The first kappa shape index (κ1) is 18.7. The summed E-state index contributed by atoms with van der Waals surface area (Å²) in [6.45, 7) is 9.02. The number of hydrogen-bond acceptors (Lipinski definition) is 2. The lowest BCUT2D eigenvalue weighted by Crippen LogP contribution is -2.57. The van der Waals surface area contributed by atoms with Crippen LogP contribution in [0.2, 0.25) is 0 Å². The van der Waals surface area contributed by atoms with Crippen molar-refractivity contribution in [2.45, 2.75) is 97.1 Å². The number of piperidine rings is 1. The van der Waals surface area contributed by atoms with Gasteiger partial charge in [0.15, 0.2) is 0 Å². The lowest BCUT2D eigenvalue weighted by atomic mass is 9.42. The minimum absolute atomic E-state index is 0.0298. The van der Waals surface area contributed by atoms with Gasteiger partial charge in [-0.25, -0.2) is 0 Å². The van der Waals surface area contributed by atoms with Crippen LogP contribution in [0.4, 0.5) is 0 Å². The Morgan fingerprint density at radius 3 is 2.67 bits per heavy atom. The third kappa shape index (κ3) is 2.72. The standard InChI is InChI=1S/C25H41NO/c1-16-14-17-15-18(27)9-11-24(17,2)21-10-12-25(3)19(7-8-20(25)23(16)21)22-6-4-5-13-26-22/h7,16-18,20-23,26-27H,4-6,8-15H2,1-3H3/t16?,17?,18?,20-,21+,22?,23-,24-,25+/m0/s1. The smallest absolute Gasteiger partial charge is 0.0543 e. The Balaban J connectivity index is 1.42. The minimum Gasteiger partial charge on any atom is -0.393 e. The van der Waals surface area contributed by atoms with Gasteiger partial charge in [0.25, 0.3) is 0 Å². The molecule has 152 valence electrons. The van der Waals surface area contributed by atoms with E-state index in [9.17, 15) is 5.11 Å². The summed E-state index contributed by atoms with van der Waals surface area (Å²) < 4.78 is 0. The highest BCUT2D eigenvalue weighted by molar-refractivity contribution is 5.30. The van der Waals surface area contributed by atoms with E-state index in [4.69, 9.17) is 0 Å². The molecule has 3 saturated carbocycles. The Kier molecular flexibility index (Phi) is 4.56. The first-order valence-electron chi connectivity index (χ1n) is 12.1. The van der Waals surface area contributed by atoms with E-state index < -0.39 is 0 Å². The number of allylic oxidation sites excluding steroid dienone is 1. The maximum absolute atomic E-state index is 10.3. The Morgan fingerprint density at radius 2 is 1.89 bits per heavy atom. The molecule has 4 fully saturated rings. The van der Waals surface area contributed by atoms with Gasteiger partial charge in [-0.05, 0) is 105 Å². The number of nitrogens with one attached hydrogen (secondary N) is 1. The van der Waals surface area contributed by atoms with Crippen molar-refractivity contribution in [2.75, 3.05) is 6.54 Å². The monoisotopic (exact) mass is 371 g/mol. The van der Waals surface area contributed by atoms with Gasteiger partial charge >= 0.3 is 0 Å². The minimum atomic E-state index is -0.0298. The molecule has 5 rings (SSSR count). The molecule has 9 atom stereocenters. The summed E-state index contributed by atoms with van der Waals surface area (Å²) in [5.41, 5.74) is 2.73. The van der Waals surface area contributed by atoms with E-state index in [-0.39, 0.29) is 6.10 Å². The molecular weight excluding hydrogens is 330 g/mol. The molecule has 4 aliphatic carbocycles. The number of aliphatic hydroxyl groups is 1. The van der Waals surface area contributed by atoms with Crippen molar-refractivity contribution in [3.05, 3.63) is 11.6 Å². The fourth-order valence-corrected chi connectivity index (χ4v) is 8.88. The van der Waals surface area contributed by atoms with Gasteiger partial charge in [-0.2, -0.15) is 0 Å². The largest absolute Gasteiger partial charge is 0.393 e. The fourth-order valence-electron chi connectivity index (χ4n) is 8.88. The predicted molar refractivity (Wildman–Crippen MR) is 111 cm³/mol. The lowest BCUT2D eigenvalue weighted by Gasteiger charge is -2.63. The van der Waals surface area contributed by atoms with Crippen molar-refractivity contribution < 1.29 is 5.11 Å². The first-order valence-corrected chi connectivity index (χ1v) is 12.1. The van der Waals surface area contributed by atoms with Gasteiger partial charge in [-0.15, -0.1) is 0 Å². The van der Waals surface area contributed by atoms with E-state index in [0.29, 0.717) is 16.9 Å². The van der Waals surface area contributed by atoms with Crippen LogP contribution < -0.4 is 5.32 Å². The maximum Gasteiger partial charge on any atom is 0.0543 e. The van der Waals surface area contributed by atoms with Crippen LogP contribution in [0.3, 0.4) is 0 Å². The summed E-state index contributed by atoms with van der Waals surface area (Å²) in [5.74, 6) is 4.25. The normalized spacial score (nSPS) is 55.3. The molecule has 0 aromatic rings.